The Balaban J connectivity index is 2.19. The van der Waals surface area contributed by atoms with Crippen molar-refractivity contribution in [2.75, 3.05) is 0 Å². The number of hydrogen-bond acceptors (Lipinski definition) is 5. The number of aromatic nitrogens is 1. The van der Waals surface area contributed by atoms with Crippen LogP contribution in [0.25, 0.3) is 0 Å². The van der Waals surface area contributed by atoms with E-state index >= 15 is 0 Å². The van der Waals surface area contributed by atoms with Gasteiger partial charge in [-0.1, -0.05) is 51.1 Å². The summed E-state index contributed by atoms with van der Waals surface area (Å²) in [4.78, 5) is 28.4. The molecule has 0 aliphatic rings. The van der Waals surface area contributed by atoms with Crippen LogP contribution in [0.4, 0.5) is 0 Å². The van der Waals surface area contributed by atoms with Crippen LogP contribution in [-0.4, -0.2) is 16.9 Å². The lowest BCUT2D eigenvalue weighted by atomic mass is 9.98. The fraction of sp³-hybridized carbons (Fsp3) is 0.312. The minimum absolute atomic E-state index is 0.147. The van der Waals surface area contributed by atoms with Gasteiger partial charge in [0.1, 0.15) is 4.88 Å². The van der Waals surface area contributed by atoms with Gasteiger partial charge in [-0.15, -0.1) is 11.3 Å². The zero-order valence-corrected chi connectivity index (χ0v) is 13.5. The molecule has 1 atom stereocenters. The van der Waals surface area contributed by atoms with E-state index in [1.807, 2.05) is 26.8 Å². The van der Waals surface area contributed by atoms with Crippen molar-refractivity contribution in [1.82, 2.24) is 4.98 Å². The molecule has 0 aliphatic carbocycles. The minimum Gasteiger partial charge on any atom is -0.443 e. The van der Waals surface area contributed by atoms with Crippen LogP contribution >= 0.6 is 11.3 Å². The van der Waals surface area contributed by atoms with E-state index in [9.17, 15) is 9.59 Å². The maximum atomic E-state index is 12.2. The lowest BCUT2D eigenvalue weighted by molar-refractivity contribution is -0.127. The fourth-order valence-electron chi connectivity index (χ4n) is 1.80. The smallest absolute Gasteiger partial charge is 0.351 e. The standard InChI is InChI=1S/C16H18N2O3S/c1-16(2,3)15-18-9-11(22-15)14(20)21-12(13(17)19)10-7-5-4-6-8-10/h4-9,12H,1-3H3,(H2,17,19)/t12-/m1/s1. The molecule has 5 nitrogen and oxygen atoms in total. The quantitative estimate of drug-likeness (QED) is 0.879. The van der Waals surface area contributed by atoms with Gasteiger partial charge in [0.05, 0.1) is 11.2 Å². The van der Waals surface area contributed by atoms with E-state index < -0.39 is 18.0 Å². The Hall–Kier alpha value is -2.21. The van der Waals surface area contributed by atoms with Crippen LogP contribution in [0.3, 0.4) is 0 Å². The van der Waals surface area contributed by atoms with Crippen molar-refractivity contribution in [2.45, 2.75) is 32.3 Å². The maximum absolute atomic E-state index is 12.2. The van der Waals surface area contributed by atoms with Crippen LogP contribution in [0.1, 0.15) is 47.1 Å². The van der Waals surface area contributed by atoms with E-state index in [0.717, 1.165) is 5.01 Å². The zero-order chi connectivity index (χ0) is 16.3. The number of amides is 1. The van der Waals surface area contributed by atoms with Gasteiger partial charge in [-0.2, -0.15) is 0 Å². The van der Waals surface area contributed by atoms with Crippen molar-refractivity contribution >= 4 is 23.2 Å². The van der Waals surface area contributed by atoms with E-state index in [-0.39, 0.29) is 5.41 Å². The topological polar surface area (TPSA) is 82.3 Å². The minimum atomic E-state index is -1.10. The van der Waals surface area contributed by atoms with Crippen LogP contribution in [0.2, 0.25) is 0 Å². The molecule has 2 N–H and O–H groups in total. The third-order valence-corrected chi connectivity index (χ3v) is 4.34. The molecular weight excluding hydrogens is 300 g/mol. The summed E-state index contributed by atoms with van der Waals surface area (Å²) < 4.78 is 5.27. The average Bonchev–Trinajstić information content (AvgIpc) is 2.95. The summed E-state index contributed by atoms with van der Waals surface area (Å²) in [5.41, 5.74) is 5.74. The van der Waals surface area contributed by atoms with Gasteiger partial charge in [0.15, 0.2) is 0 Å². The highest BCUT2D eigenvalue weighted by atomic mass is 32.1. The molecule has 0 spiro atoms. The van der Waals surface area contributed by atoms with Crippen molar-refractivity contribution in [3.05, 3.63) is 52.0 Å². The molecule has 1 amide bonds. The zero-order valence-electron chi connectivity index (χ0n) is 12.7. The molecule has 0 radical (unpaired) electrons. The summed E-state index contributed by atoms with van der Waals surface area (Å²) in [5.74, 6) is -1.30. The second-order valence-corrected chi connectivity index (χ2v) is 6.91. The second kappa shape index (κ2) is 6.27. The van der Waals surface area contributed by atoms with E-state index in [4.69, 9.17) is 10.5 Å². The highest BCUT2D eigenvalue weighted by Crippen LogP contribution is 2.28. The van der Waals surface area contributed by atoms with Crippen LogP contribution in [-0.2, 0) is 14.9 Å². The van der Waals surface area contributed by atoms with Gasteiger partial charge in [-0.3, -0.25) is 4.79 Å². The molecule has 1 heterocycles. The van der Waals surface area contributed by atoms with Gasteiger partial charge in [0, 0.05) is 11.0 Å². The van der Waals surface area contributed by atoms with Crippen LogP contribution < -0.4 is 5.73 Å². The Kier molecular flexibility index (Phi) is 4.61. The molecule has 1 aromatic carbocycles. The Morgan fingerprint density at radius 3 is 2.36 bits per heavy atom. The number of thiazole rings is 1. The number of ether oxygens (including phenoxy) is 1. The highest BCUT2D eigenvalue weighted by molar-refractivity contribution is 7.13. The Morgan fingerprint density at radius 2 is 1.86 bits per heavy atom. The summed E-state index contributed by atoms with van der Waals surface area (Å²) >= 11 is 1.26. The summed E-state index contributed by atoms with van der Waals surface area (Å²) in [7, 11) is 0. The van der Waals surface area contributed by atoms with Gasteiger partial charge in [0.25, 0.3) is 5.91 Å². The SMILES string of the molecule is CC(C)(C)c1ncc(C(=O)O[C@@H](C(N)=O)c2ccccc2)s1. The van der Waals surface area contributed by atoms with Crippen molar-refractivity contribution in [3.8, 4) is 0 Å². The van der Waals surface area contributed by atoms with Crippen molar-refractivity contribution in [2.24, 2.45) is 5.73 Å². The molecule has 116 valence electrons. The Bertz CT molecular complexity index is 674. The Morgan fingerprint density at radius 1 is 1.23 bits per heavy atom. The van der Waals surface area contributed by atoms with Gasteiger partial charge in [-0.25, -0.2) is 9.78 Å². The number of benzene rings is 1. The maximum Gasteiger partial charge on any atom is 0.351 e. The first-order valence-electron chi connectivity index (χ1n) is 6.80. The first kappa shape index (κ1) is 16.2. The fourth-order valence-corrected chi connectivity index (χ4v) is 2.66. The molecule has 1 aromatic heterocycles. The van der Waals surface area contributed by atoms with Gasteiger partial charge < -0.3 is 10.5 Å². The lowest BCUT2D eigenvalue weighted by Gasteiger charge is -2.15. The number of nitrogens with zero attached hydrogens (tertiary/aromatic N) is 1. The van der Waals surface area contributed by atoms with Crippen LogP contribution in [0, 0.1) is 0 Å². The number of hydrogen-bond donors (Lipinski definition) is 1. The first-order chi connectivity index (χ1) is 10.3. The summed E-state index contributed by atoms with van der Waals surface area (Å²) in [6, 6.07) is 8.70. The third-order valence-electron chi connectivity index (χ3n) is 2.93. The summed E-state index contributed by atoms with van der Waals surface area (Å²) in [6.07, 6.45) is 0.366. The molecule has 0 saturated carbocycles. The molecule has 0 unspecified atom stereocenters. The number of rotatable bonds is 4. The van der Waals surface area contributed by atoms with E-state index in [1.165, 1.54) is 17.5 Å². The highest BCUT2D eigenvalue weighted by Gasteiger charge is 2.26. The summed E-state index contributed by atoms with van der Waals surface area (Å²) in [5, 5.41) is 0.829. The predicted molar refractivity (Wildman–Crippen MR) is 84.6 cm³/mol. The van der Waals surface area contributed by atoms with Gasteiger partial charge in [0.2, 0.25) is 6.10 Å². The lowest BCUT2D eigenvalue weighted by Crippen LogP contribution is -2.26. The first-order valence-corrected chi connectivity index (χ1v) is 7.62. The van der Waals surface area contributed by atoms with E-state index in [1.54, 1.807) is 24.3 Å². The molecule has 0 fully saturated rings. The van der Waals surface area contributed by atoms with E-state index in [0.29, 0.717) is 10.4 Å². The Labute approximate surface area is 133 Å². The average molecular weight is 318 g/mol. The number of carbonyl (C=O) groups excluding carboxylic acids is 2. The predicted octanol–water partition coefficient (Wildman–Crippen LogP) is 2.82. The second-order valence-electron chi connectivity index (χ2n) is 5.88. The van der Waals surface area contributed by atoms with Crippen LogP contribution in [0.5, 0.6) is 0 Å². The number of nitrogens with two attached hydrogens (primary N) is 1. The molecular formula is C16H18N2O3S. The largest absolute Gasteiger partial charge is 0.443 e. The van der Waals surface area contributed by atoms with E-state index in [2.05, 4.69) is 4.98 Å². The van der Waals surface area contributed by atoms with Crippen molar-refractivity contribution in [1.29, 1.82) is 0 Å². The van der Waals surface area contributed by atoms with Gasteiger partial charge in [-0.05, 0) is 0 Å². The summed E-state index contributed by atoms with van der Waals surface area (Å²) in [6.45, 7) is 6.03. The molecule has 0 aliphatic heterocycles. The van der Waals surface area contributed by atoms with Crippen molar-refractivity contribution < 1.29 is 14.3 Å². The van der Waals surface area contributed by atoms with Crippen molar-refractivity contribution in [3.63, 3.8) is 0 Å². The number of esters is 1. The normalized spacial score (nSPS) is 12.7. The number of primary amides is 1. The molecule has 22 heavy (non-hydrogen) atoms. The molecule has 0 bridgehead atoms. The van der Waals surface area contributed by atoms with Crippen LogP contribution in [0.15, 0.2) is 36.5 Å². The monoisotopic (exact) mass is 318 g/mol. The molecule has 6 heteroatoms. The third kappa shape index (κ3) is 3.71. The molecule has 2 rings (SSSR count). The van der Waals surface area contributed by atoms with Gasteiger partial charge >= 0.3 is 5.97 Å². The number of carbonyl (C=O) groups is 2. The molecule has 2 aromatic rings. The molecule has 0 saturated heterocycles.